The molecule has 0 unspecified atom stereocenters. The molecule has 0 radical (unpaired) electrons. The highest BCUT2D eigenvalue weighted by Crippen LogP contribution is 2.51. The first-order chi connectivity index (χ1) is 14.2. The van der Waals surface area contributed by atoms with Gasteiger partial charge in [0.2, 0.25) is 0 Å². The molecule has 1 aliphatic carbocycles. The highest BCUT2D eigenvalue weighted by atomic mass is 35.5. The van der Waals surface area contributed by atoms with Crippen molar-refractivity contribution < 1.29 is 19.0 Å². The average molecular weight is 452 g/mol. The van der Waals surface area contributed by atoms with Crippen LogP contribution in [0.5, 0.6) is 0 Å². The van der Waals surface area contributed by atoms with Gasteiger partial charge in [-0.25, -0.2) is 14.4 Å². The largest absolute Gasteiger partial charge is 0.388 e. The number of aliphatic hydroxyl groups is 1. The zero-order valence-corrected chi connectivity index (χ0v) is 17.8. The zero-order valence-electron chi connectivity index (χ0n) is 16.3. The van der Waals surface area contributed by atoms with Gasteiger partial charge in [0.1, 0.15) is 29.0 Å². The second-order valence-electron chi connectivity index (χ2n) is 8.27. The Balaban J connectivity index is 1.54. The van der Waals surface area contributed by atoms with E-state index >= 15 is 0 Å². The number of ether oxygens (including phenoxy) is 2. The van der Waals surface area contributed by atoms with Crippen molar-refractivity contribution in [3.8, 4) is 0 Å². The van der Waals surface area contributed by atoms with Gasteiger partial charge >= 0.3 is 0 Å². The second-order valence-corrected chi connectivity index (χ2v) is 9.04. The van der Waals surface area contributed by atoms with E-state index in [9.17, 15) is 9.50 Å². The van der Waals surface area contributed by atoms with Crippen LogP contribution >= 0.6 is 23.2 Å². The van der Waals surface area contributed by atoms with Gasteiger partial charge in [0.15, 0.2) is 5.79 Å². The fourth-order valence-corrected chi connectivity index (χ4v) is 5.03. The molecule has 2 aromatic heterocycles. The molecule has 0 bridgehead atoms. The van der Waals surface area contributed by atoms with Crippen molar-refractivity contribution in [2.24, 2.45) is 5.92 Å². The molecule has 0 spiro atoms. The fraction of sp³-hybridized carbons (Fsp3) is 0.429. The van der Waals surface area contributed by atoms with Gasteiger partial charge in [-0.3, -0.25) is 0 Å². The van der Waals surface area contributed by atoms with Crippen LogP contribution < -0.4 is 0 Å². The lowest BCUT2D eigenvalue weighted by Gasteiger charge is -2.27. The lowest BCUT2D eigenvalue weighted by atomic mass is 9.92. The van der Waals surface area contributed by atoms with Crippen molar-refractivity contribution in [3.05, 3.63) is 58.3 Å². The summed E-state index contributed by atoms with van der Waals surface area (Å²) < 4.78 is 28.4. The maximum absolute atomic E-state index is 14.0. The lowest BCUT2D eigenvalue weighted by molar-refractivity contribution is -0.165. The summed E-state index contributed by atoms with van der Waals surface area (Å²) in [6, 6.07) is 6.09. The molecule has 9 heteroatoms. The van der Waals surface area contributed by atoms with Crippen molar-refractivity contribution >= 4 is 34.2 Å². The van der Waals surface area contributed by atoms with Crippen LogP contribution in [0.1, 0.15) is 38.0 Å². The molecule has 1 aromatic carbocycles. The number of nitrogens with zero attached hydrogens (tertiary/aromatic N) is 3. The van der Waals surface area contributed by atoms with Crippen LogP contribution in [0.25, 0.3) is 11.0 Å². The first-order valence-electron chi connectivity index (χ1n) is 9.71. The van der Waals surface area contributed by atoms with Gasteiger partial charge in [0.05, 0.1) is 28.7 Å². The van der Waals surface area contributed by atoms with E-state index in [0.717, 1.165) is 5.39 Å². The molecule has 158 valence electrons. The molecule has 0 amide bonds. The molecule has 30 heavy (non-hydrogen) atoms. The number of benzene rings is 1. The SMILES string of the molecule is CC1(C)O[C@@H]2[C@@H]([C@H](O)c3ccc(Cl)c(F)c3)C[C@@H](n3ccc4c(Cl)ncnc43)[C@@H]2O1. The van der Waals surface area contributed by atoms with Crippen LogP contribution in [0.2, 0.25) is 10.2 Å². The standard InChI is InChI=1S/C21H20Cl2FN3O3/c1-21(2)29-17-12(16(28)10-3-4-13(22)14(24)7-10)8-15(18(17)30-21)27-6-5-11-19(23)25-9-26-20(11)27/h3-7,9,12,15-18,28H,8H2,1-2H3/t12-,15-,16-,17-,18+/m1/s1. The van der Waals surface area contributed by atoms with Crippen LogP contribution in [0.4, 0.5) is 4.39 Å². The van der Waals surface area contributed by atoms with Crippen LogP contribution in [-0.4, -0.2) is 37.6 Å². The Morgan fingerprint density at radius 1 is 1.20 bits per heavy atom. The van der Waals surface area contributed by atoms with E-state index in [1.165, 1.54) is 18.5 Å². The molecule has 1 saturated carbocycles. The maximum atomic E-state index is 14.0. The first kappa shape index (κ1) is 20.2. The van der Waals surface area contributed by atoms with E-state index in [0.29, 0.717) is 22.8 Å². The van der Waals surface area contributed by atoms with Crippen LogP contribution in [-0.2, 0) is 9.47 Å². The molecule has 2 aliphatic rings. The minimum absolute atomic E-state index is 0.0186. The molecule has 3 heterocycles. The van der Waals surface area contributed by atoms with Gasteiger partial charge in [-0.2, -0.15) is 0 Å². The first-order valence-corrected chi connectivity index (χ1v) is 10.5. The van der Waals surface area contributed by atoms with E-state index < -0.39 is 17.7 Å². The average Bonchev–Trinajstić information content (AvgIpc) is 3.34. The summed E-state index contributed by atoms with van der Waals surface area (Å²) in [4.78, 5) is 8.42. The highest BCUT2D eigenvalue weighted by Gasteiger charge is 2.56. The molecule has 1 saturated heterocycles. The van der Waals surface area contributed by atoms with Crippen LogP contribution in [0.3, 0.4) is 0 Å². The molecule has 6 nitrogen and oxygen atoms in total. The summed E-state index contributed by atoms with van der Waals surface area (Å²) in [6.45, 7) is 3.70. The molecule has 1 N–H and O–H groups in total. The number of aromatic nitrogens is 3. The number of hydrogen-bond donors (Lipinski definition) is 1. The topological polar surface area (TPSA) is 69.4 Å². The fourth-order valence-electron chi connectivity index (χ4n) is 4.72. The van der Waals surface area contributed by atoms with Crippen LogP contribution in [0.15, 0.2) is 36.8 Å². The van der Waals surface area contributed by atoms with Gasteiger partial charge in [-0.1, -0.05) is 29.3 Å². The zero-order chi connectivity index (χ0) is 21.2. The van der Waals surface area contributed by atoms with Gasteiger partial charge in [-0.05, 0) is 44.0 Å². The molecular formula is C21H20Cl2FN3O3. The van der Waals surface area contributed by atoms with E-state index in [1.54, 1.807) is 6.07 Å². The number of hydrogen-bond acceptors (Lipinski definition) is 5. The maximum Gasteiger partial charge on any atom is 0.163 e. The predicted octanol–water partition coefficient (Wildman–Crippen LogP) is 4.69. The molecule has 5 atom stereocenters. The minimum Gasteiger partial charge on any atom is -0.388 e. The van der Waals surface area contributed by atoms with E-state index in [1.807, 2.05) is 30.7 Å². The summed E-state index contributed by atoms with van der Waals surface area (Å²) >= 11 is 12.0. The number of aliphatic hydroxyl groups excluding tert-OH is 1. The molecule has 5 rings (SSSR count). The number of halogens is 3. The predicted molar refractivity (Wildman–Crippen MR) is 110 cm³/mol. The van der Waals surface area contributed by atoms with Crippen molar-refractivity contribution in [2.75, 3.05) is 0 Å². The summed E-state index contributed by atoms with van der Waals surface area (Å²) in [5.74, 6) is -1.67. The third-order valence-corrected chi connectivity index (χ3v) is 6.59. The van der Waals surface area contributed by atoms with Crippen molar-refractivity contribution in [1.29, 1.82) is 0 Å². The smallest absolute Gasteiger partial charge is 0.163 e. The summed E-state index contributed by atoms with van der Waals surface area (Å²) in [5, 5.41) is 12.3. The Kier molecular flexibility index (Phi) is 4.79. The third-order valence-electron chi connectivity index (χ3n) is 5.99. The molecular weight excluding hydrogens is 432 g/mol. The summed E-state index contributed by atoms with van der Waals surface area (Å²) in [7, 11) is 0. The van der Waals surface area contributed by atoms with Gasteiger partial charge < -0.3 is 19.1 Å². The Labute approximate surface area is 182 Å². The molecule has 3 aromatic rings. The second kappa shape index (κ2) is 7.14. The van der Waals surface area contributed by atoms with Gasteiger partial charge in [-0.15, -0.1) is 0 Å². The number of rotatable bonds is 3. The van der Waals surface area contributed by atoms with Crippen LogP contribution in [0, 0.1) is 11.7 Å². The van der Waals surface area contributed by atoms with Crippen molar-refractivity contribution in [2.45, 2.75) is 50.4 Å². The molecule has 1 aliphatic heterocycles. The Bertz CT molecular complexity index is 1120. The highest BCUT2D eigenvalue weighted by molar-refractivity contribution is 6.33. The van der Waals surface area contributed by atoms with Gasteiger partial charge in [0.25, 0.3) is 0 Å². The Hall–Kier alpha value is -1.77. The summed E-state index contributed by atoms with van der Waals surface area (Å²) in [5.41, 5.74) is 1.15. The lowest BCUT2D eigenvalue weighted by Crippen LogP contribution is -2.29. The van der Waals surface area contributed by atoms with Crippen molar-refractivity contribution in [1.82, 2.24) is 14.5 Å². The molecule has 2 fully saturated rings. The van der Waals surface area contributed by atoms with E-state index in [4.69, 9.17) is 32.7 Å². The Morgan fingerprint density at radius 2 is 1.97 bits per heavy atom. The quantitative estimate of drug-likeness (QED) is 0.584. The van der Waals surface area contributed by atoms with Gasteiger partial charge in [0, 0.05) is 12.1 Å². The summed E-state index contributed by atoms with van der Waals surface area (Å²) in [6.07, 6.45) is 2.27. The third kappa shape index (κ3) is 3.20. The normalized spacial score (nSPS) is 28.7. The Morgan fingerprint density at radius 3 is 2.73 bits per heavy atom. The van der Waals surface area contributed by atoms with E-state index in [2.05, 4.69) is 9.97 Å². The van der Waals surface area contributed by atoms with Crippen molar-refractivity contribution in [3.63, 3.8) is 0 Å². The number of fused-ring (bicyclic) bond motifs is 2. The minimum atomic E-state index is -0.938. The monoisotopic (exact) mass is 451 g/mol. The van der Waals surface area contributed by atoms with E-state index in [-0.39, 0.29) is 29.2 Å².